The minimum atomic E-state index is -0.0628. The Morgan fingerprint density at radius 3 is 2.73 bits per heavy atom. The Balaban J connectivity index is 1.69. The van der Waals surface area contributed by atoms with E-state index in [9.17, 15) is 9.59 Å². The van der Waals surface area contributed by atoms with Gasteiger partial charge in [0, 0.05) is 23.9 Å². The smallest absolute Gasteiger partial charge is 0.246 e. The van der Waals surface area contributed by atoms with E-state index in [1.165, 1.54) is 0 Å². The fourth-order valence-corrected chi connectivity index (χ4v) is 6.30. The zero-order chi connectivity index (χ0) is 15.5. The van der Waals surface area contributed by atoms with Crippen molar-refractivity contribution in [3.05, 3.63) is 12.2 Å². The molecule has 3 heteroatoms. The minimum Gasteiger partial charge on any atom is -0.333 e. The van der Waals surface area contributed by atoms with Gasteiger partial charge in [0.2, 0.25) is 5.91 Å². The number of Topliss-reactive ketones (excluding diaryl/α,β-unsaturated/α-hetero) is 1. The summed E-state index contributed by atoms with van der Waals surface area (Å²) in [5.41, 5.74) is -0.0663. The average molecular weight is 301 g/mol. The molecule has 2 heterocycles. The maximum Gasteiger partial charge on any atom is 0.246 e. The van der Waals surface area contributed by atoms with Crippen LogP contribution in [-0.2, 0) is 9.59 Å². The monoisotopic (exact) mass is 301 g/mol. The Kier molecular flexibility index (Phi) is 3.08. The van der Waals surface area contributed by atoms with Crippen LogP contribution in [0.3, 0.4) is 0 Å². The molecule has 120 valence electrons. The predicted molar refractivity (Wildman–Crippen MR) is 85.2 cm³/mol. The van der Waals surface area contributed by atoms with Gasteiger partial charge in [-0.15, -0.1) is 0 Å². The molecule has 3 fully saturated rings. The van der Waals surface area contributed by atoms with Gasteiger partial charge in [-0.3, -0.25) is 9.59 Å². The Labute approximate surface area is 133 Å². The van der Waals surface area contributed by atoms with E-state index < -0.39 is 0 Å². The number of amides is 1. The molecule has 2 aliphatic carbocycles. The number of carbonyl (C=O) groups excluding carboxylic acids is 2. The molecular weight excluding hydrogens is 274 g/mol. The summed E-state index contributed by atoms with van der Waals surface area (Å²) in [7, 11) is 0. The highest BCUT2D eigenvalue weighted by molar-refractivity contribution is 5.89. The van der Waals surface area contributed by atoms with Crippen molar-refractivity contribution in [1.82, 2.24) is 4.90 Å². The lowest BCUT2D eigenvalue weighted by atomic mass is 9.53. The summed E-state index contributed by atoms with van der Waals surface area (Å²) in [6.07, 6.45) is 11.0. The largest absolute Gasteiger partial charge is 0.333 e. The topological polar surface area (TPSA) is 37.4 Å². The summed E-state index contributed by atoms with van der Waals surface area (Å²) >= 11 is 0. The maximum atomic E-state index is 12.5. The molecule has 0 aromatic heterocycles. The van der Waals surface area contributed by atoms with Crippen molar-refractivity contribution in [3.8, 4) is 0 Å². The van der Waals surface area contributed by atoms with E-state index in [0.717, 1.165) is 51.5 Å². The van der Waals surface area contributed by atoms with E-state index in [1.54, 1.807) is 6.08 Å². The first-order chi connectivity index (χ1) is 10.5. The molecule has 0 N–H and O–H groups in total. The van der Waals surface area contributed by atoms with Crippen molar-refractivity contribution < 1.29 is 9.59 Å². The van der Waals surface area contributed by atoms with Crippen LogP contribution in [0, 0.1) is 23.2 Å². The number of hydrogen-bond acceptors (Lipinski definition) is 2. The first-order valence-electron chi connectivity index (χ1n) is 8.98. The quantitative estimate of drug-likeness (QED) is 0.688. The highest BCUT2D eigenvalue weighted by atomic mass is 16.2. The Hall–Kier alpha value is -1.12. The number of carbonyl (C=O) groups is 2. The fraction of sp³-hybridized carbons (Fsp3) is 0.789. The lowest BCUT2D eigenvalue weighted by Crippen LogP contribution is -2.62. The van der Waals surface area contributed by atoms with Gasteiger partial charge < -0.3 is 4.90 Å². The molecule has 0 bridgehead atoms. The SMILES string of the molecule is C[C@]12CCC3[C@@H](CCN4C(=O)C=CCC[C@]34C)[C@@H]1CCC2=O. The molecule has 4 aliphatic rings. The molecule has 22 heavy (non-hydrogen) atoms. The van der Waals surface area contributed by atoms with Gasteiger partial charge in [0.05, 0.1) is 0 Å². The van der Waals surface area contributed by atoms with Crippen LogP contribution in [0.1, 0.15) is 58.8 Å². The molecule has 0 aromatic carbocycles. The summed E-state index contributed by atoms with van der Waals surface area (Å²) in [6, 6.07) is 0. The first kappa shape index (κ1) is 14.5. The second-order valence-electron chi connectivity index (χ2n) is 8.37. The molecule has 1 unspecified atom stereocenters. The maximum absolute atomic E-state index is 12.5. The third-order valence-corrected chi connectivity index (χ3v) is 7.59. The van der Waals surface area contributed by atoms with Crippen LogP contribution in [0.5, 0.6) is 0 Å². The molecule has 2 saturated carbocycles. The zero-order valence-electron chi connectivity index (χ0n) is 13.8. The van der Waals surface area contributed by atoms with Gasteiger partial charge in [-0.05, 0) is 69.3 Å². The number of fused-ring (bicyclic) bond motifs is 5. The Bertz CT molecular complexity index is 554. The summed E-state index contributed by atoms with van der Waals surface area (Å²) in [6.45, 7) is 5.41. The van der Waals surface area contributed by atoms with Gasteiger partial charge in [0.1, 0.15) is 5.78 Å². The van der Waals surface area contributed by atoms with E-state index in [-0.39, 0.29) is 16.9 Å². The molecule has 0 aromatic rings. The molecule has 0 spiro atoms. The zero-order valence-corrected chi connectivity index (χ0v) is 13.8. The van der Waals surface area contributed by atoms with Gasteiger partial charge in [-0.1, -0.05) is 13.0 Å². The van der Waals surface area contributed by atoms with Crippen molar-refractivity contribution in [2.75, 3.05) is 6.54 Å². The second kappa shape index (κ2) is 4.69. The van der Waals surface area contributed by atoms with E-state index in [1.807, 2.05) is 6.08 Å². The van der Waals surface area contributed by atoms with Crippen LogP contribution in [0.4, 0.5) is 0 Å². The highest BCUT2D eigenvalue weighted by Crippen LogP contribution is 2.60. The second-order valence-corrected chi connectivity index (χ2v) is 8.37. The number of nitrogens with zero attached hydrogens (tertiary/aromatic N) is 1. The minimum absolute atomic E-state index is 0.00350. The summed E-state index contributed by atoms with van der Waals surface area (Å²) < 4.78 is 0. The van der Waals surface area contributed by atoms with E-state index >= 15 is 0 Å². The van der Waals surface area contributed by atoms with Crippen molar-refractivity contribution in [3.63, 3.8) is 0 Å². The van der Waals surface area contributed by atoms with Gasteiger partial charge >= 0.3 is 0 Å². The highest BCUT2D eigenvalue weighted by Gasteiger charge is 2.59. The third-order valence-electron chi connectivity index (χ3n) is 7.59. The first-order valence-corrected chi connectivity index (χ1v) is 8.98. The predicted octanol–water partition coefficient (Wildman–Crippen LogP) is 3.34. The fourth-order valence-electron chi connectivity index (χ4n) is 6.30. The van der Waals surface area contributed by atoms with Crippen LogP contribution in [0.2, 0.25) is 0 Å². The standard InChI is InChI=1S/C19H27NO2/c1-18-11-8-15-13(14(18)6-7-16(18)21)9-12-20-17(22)5-3-4-10-19(15,20)2/h3,5,13-15H,4,6-12H2,1-2H3/t13-,14-,15?,18-,19+/m0/s1. The third kappa shape index (κ3) is 1.74. The molecule has 3 nitrogen and oxygen atoms in total. The van der Waals surface area contributed by atoms with Crippen molar-refractivity contribution in [2.24, 2.45) is 23.2 Å². The van der Waals surface area contributed by atoms with Crippen molar-refractivity contribution >= 4 is 11.7 Å². The van der Waals surface area contributed by atoms with Crippen LogP contribution < -0.4 is 0 Å². The van der Waals surface area contributed by atoms with Gasteiger partial charge in [-0.25, -0.2) is 0 Å². The summed E-state index contributed by atoms with van der Waals surface area (Å²) in [5.74, 6) is 2.48. The van der Waals surface area contributed by atoms with E-state index in [4.69, 9.17) is 0 Å². The summed E-state index contributed by atoms with van der Waals surface area (Å²) in [5, 5.41) is 0. The average Bonchev–Trinajstić information content (AvgIpc) is 2.70. The van der Waals surface area contributed by atoms with Gasteiger partial charge in [0.25, 0.3) is 0 Å². The van der Waals surface area contributed by atoms with Gasteiger partial charge in [0.15, 0.2) is 0 Å². The van der Waals surface area contributed by atoms with Crippen LogP contribution in [0.15, 0.2) is 12.2 Å². The van der Waals surface area contributed by atoms with E-state index in [2.05, 4.69) is 18.7 Å². The van der Waals surface area contributed by atoms with Crippen LogP contribution >= 0.6 is 0 Å². The van der Waals surface area contributed by atoms with Crippen molar-refractivity contribution in [1.29, 1.82) is 0 Å². The molecular formula is C19H27NO2. The molecule has 1 amide bonds. The number of rotatable bonds is 0. The number of ketones is 1. The Morgan fingerprint density at radius 2 is 1.91 bits per heavy atom. The number of hydrogen-bond donors (Lipinski definition) is 0. The van der Waals surface area contributed by atoms with Crippen LogP contribution in [-0.4, -0.2) is 28.7 Å². The normalized spacial score (nSPS) is 47.7. The lowest BCUT2D eigenvalue weighted by Gasteiger charge is -2.58. The van der Waals surface area contributed by atoms with Gasteiger partial charge in [-0.2, -0.15) is 0 Å². The Morgan fingerprint density at radius 1 is 1.09 bits per heavy atom. The summed E-state index contributed by atoms with van der Waals surface area (Å²) in [4.78, 5) is 27.0. The number of allylic oxidation sites excluding steroid dienone is 1. The molecule has 4 rings (SSSR count). The van der Waals surface area contributed by atoms with Crippen LogP contribution in [0.25, 0.3) is 0 Å². The molecule has 5 atom stereocenters. The molecule has 0 radical (unpaired) electrons. The van der Waals surface area contributed by atoms with Crippen molar-refractivity contribution in [2.45, 2.75) is 64.3 Å². The lowest BCUT2D eigenvalue weighted by molar-refractivity contribution is -0.151. The van der Waals surface area contributed by atoms with E-state index in [0.29, 0.717) is 23.5 Å². The molecule has 2 aliphatic heterocycles. The molecule has 1 saturated heterocycles. The number of piperidine rings is 1.